The third kappa shape index (κ3) is 3.10. The predicted octanol–water partition coefficient (Wildman–Crippen LogP) is 3.78. The molecule has 0 atom stereocenters. The summed E-state index contributed by atoms with van der Waals surface area (Å²) < 4.78 is 1.65. The Morgan fingerprint density at radius 3 is 2.64 bits per heavy atom. The van der Waals surface area contributed by atoms with Crippen LogP contribution < -0.4 is 5.43 Å². The summed E-state index contributed by atoms with van der Waals surface area (Å²) in [4.78, 5) is 0. The van der Waals surface area contributed by atoms with E-state index in [1.54, 1.807) is 17.1 Å². The Labute approximate surface area is 144 Å². The molecule has 0 bridgehead atoms. The van der Waals surface area contributed by atoms with Crippen molar-refractivity contribution in [1.82, 2.24) is 19.8 Å². The third-order valence-corrected chi connectivity index (χ3v) is 3.79. The number of nitrogens with zero attached hydrogens (tertiary/aromatic N) is 5. The molecule has 0 radical (unpaired) electrons. The first kappa shape index (κ1) is 15.0. The predicted molar refractivity (Wildman–Crippen MR) is 100 cm³/mol. The first-order chi connectivity index (χ1) is 12.3. The van der Waals surface area contributed by atoms with Crippen LogP contribution in [-0.2, 0) is 0 Å². The van der Waals surface area contributed by atoms with Gasteiger partial charge >= 0.3 is 0 Å². The number of hydrogen-bond donors (Lipinski definition) is 1. The highest BCUT2D eigenvalue weighted by Gasteiger charge is 2.08. The van der Waals surface area contributed by atoms with Crippen molar-refractivity contribution in [1.29, 1.82) is 0 Å². The van der Waals surface area contributed by atoms with Crippen molar-refractivity contribution in [3.8, 4) is 0 Å². The van der Waals surface area contributed by atoms with E-state index in [1.807, 2.05) is 49.4 Å². The van der Waals surface area contributed by atoms with Crippen LogP contribution in [0.15, 0.2) is 71.6 Å². The fourth-order valence-electron chi connectivity index (χ4n) is 2.65. The summed E-state index contributed by atoms with van der Waals surface area (Å²) in [6, 6.07) is 18.1. The van der Waals surface area contributed by atoms with E-state index in [-0.39, 0.29) is 0 Å². The lowest BCUT2D eigenvalue weighted by molar-refractivity contribution is 0.934. The molecule has 0 fully saturated rings. The van der Waals surface area contributed by atoms with E-state index in [0.717, 1.165) is 27.6 Å². The van der Waals surface area contributed by atoms with Gasteiger partial charge < -0.3 is 0 Å². The van der Waals surface area contributed by atoms with E-state index in [1.165, 1.54) is 0 Å². The summed E-state index contributed by atoms with van der Waals surface area (Å²) in [7, 11) is 0. The molecule has 0 spiro atoms. The molecular weight excluding hydrogens is 312 g/mol. The summed E-state index contributed by atoms with van der Waals surface area (Å²) in [5, 5.41) is 18.8. The number of aromatic nitrogens is 4. The molecule has 0 saturated heterocycles. The van der Waals surface area contributed by atoms with Crippen molar-refractivity contribution in [2.75, 3.05) is 5.43 Å². The molecule has 0 aliphatic rings. The SMILES string of the molecule is CC(C=NNc1nn2cnnc2c2ccccc12)=Cc1ccccc1. The van der Waals surface area contributed by atoms with Gasteiger partial charge in [-0.2, -0.15) is 9.62 Å². The molecule has 6 heteroatoms. The lowest BCUT2D eigenvalue weighted by Crippen LogP contribution is -2.00. The van der Waals surface area contributed by atoms with Crippen LogP contribution in [0.5, 0.6) is 0 Å². The van der Waals surface area contributed by atoms with Gasteiger partial charge in [-0.3, -0.25) is 5.43 Å². The van der Waals surface area contributed by atoms with Crippen molar-refractivity contribution in [2.45, 2.75) is 6.92 Å². The Balaban J connectivity index is 1.63. The average molecular weight is 328 g/mol. The van der Waals surface area contributed by atoms with Gasteiger partial charge in [0.25, 0.3) is 0 Å². The van der Waals surface area contributed by atoms with Gasteiger partial charge in [-0.1, -0.05) is 60.7 Å². The number of allylic oxidation sites excluding steroid dienone is 1. The van der Waals surface area contributed by atoms with Gasteiger partial charge in [0.2, 0.25) is 0 Å². The number of rotatable bonds is 4. The van der Waals surface area contributed by atoms with Crippen LogP contribution in [0.3, 0.4) is 0 Å². The Morgan fingerprint density at radius 1 is 1.04 bits per heavy atom. The molecule has 122 valence electrons. The van der Waals surface area contributed by atoms with Crippen LogP contribution in [0, 0.1) is 0 Å². The Hall–Kier alpha value is -3.54. The van der Waals surface area contributed by atoms with Crippen LogP contribution in [0.25, 0.3) is 22.5 Å². The van der Waals surface area contributed by atoms with Crippen LogP contribution in [0.4, 0.5) is 5.82 Å². The van der Waals surface area contributed by atoms with E-state index in [2.05, 4.69) is 44.0 Å². The smallest absolute Gasteiger partial charge is 0.185 e. The molecular formula is C19H16N6. The van der Waals surface area contributed by atoms with E-state index >= 15 is 0 Å². The lowest BCUT2D eigenvalue weighted by atomic mass is 10.1. The van der Waals surface area contributed by atoms with E-state index < -0.39 is 0 Å². The highest BCUT2D eigenvalue weighted by Crippen LogP contribution is 2.23. The molecule has 4 aromatic rings. The summed E-state index contributed by atoms with van der Waals surface area (Å²) in [5.74, 6) is 0.659. The van der Waals surface area contributed by atoms with Crippen molar-refractivity contribution in [3.63, 3.8) is 0 Å². The molecule has 25 heavy (non-hydrogen) atoms. The van der Waals surface area contributed by atoms with E-state index in [4.69, 9.17) is 0 Å². The van der Waals surface area contributed by atoms with Crippen LogP contribution in [0.2, 0.25) is 0 Å². The molecule has 1 N–H and O–H groups in total. The number of fused-ring (bicyclic) bond motifs is 3. The van der Waals surface area contributed by atoms with Crippen LogP contribution in [-0.4, -0.2) is 26.0 Å². The van der Waals surface area contributed by atoms with Gasteiger partial charge in [-0.15, -0.1) is 15.3 Å². The topological polar surface area (TPSA) is 67.5 Å². The van der Waals surface area contributed by atoms with E-state index in [9.17, 15) is 0 Å². The molecule has 0 aliphatic heterocycles. The Morgan fingerprint density at radius 2 is 1.80 bits per heavy atom. The van der Waals surface area contributed by atoms with Crippen LogP contribution >= 0.6 is 0 Å². The Kier molecular flexibility index (Phi) is 3.92. The molecule has 2 aromatic carbocycles. The number of hydrogen-bond acceptors (Lipinski definition) is 5. The summed E-state index contributed by atoms with van der Waals surface area (Å²) in [5.41, 5.74) is 5.93. The first-order valence-corrected chi connectivity index (χ1v) is 7.92. The van der Waals surface area contributed by atoms with E-state index in [0.29, 0.717) is 5.82 Å². The highest BCUT2D eigenvalue weighted by atomic mass is 15.4. The second-order valence-corrected chi connectivity index (χ2v) is 5.66. The maximum Gasteiger partial charge on any atom is 0.185 e. The third-order valence-electron chi connectivity index (χ3n) is 3.79. The summed E-state index contributed by atoms with van der Waals surface area (Å²) in [6.07, 6.45) is 5.43. The quantitative estimate of drug-likeness (QED) is 0.457. The minimum Gasteiger partial charge on any atom is -0.259 e. The number of nitrogens with one attached hydrogen (secondary N) is 1. The first-order valence-electron chi connectivity index (χ1n) is 7.92. The van der Waals surface area contributed by atoms with Crippen molar-refractivity contribution >= 4 is 34.5 Å². The molecule has 2 heterocycles. The minimum absolute atomic E-state index is 0.659. The summed E-state index contributed by atoms with van der Waals surface area (Å²) in [6.45, 7) is 2.01. The second-order valence-electron chi connectivity index (χ2n) is 5.66. The van der Waals surface area contributed by atoms with Crippen molar-refractivity contribution in [2.24, 2.45) is 5.10 Å². The number of hydrazone groups is 1. The molecule has 0 aliphatic carbocycles. The highest BCUT2D eigenvalue weighted by molar-refractivity contribution is 6.00. The maximum atomic E-state index is 4.49. The molecule has 2 aromatic heterocycles. The van der Waals surface area contributed by atoms with Crippen LogP contribution in [0.1, 0.15) is 12.5 Å². The lowest BCUT2D eigenvalue weighted by Gasteiger charge is -2.05. The normalized spacial score (nSPS) is 12.3. The fourth-order valence-corrected chi connectivity index (χ4v) is 2.65. The van der Waals surface area contributed by atoms with Gasteiger partial charge in [0.1, 0.15) is 6.33 Å². The monoisotopic (exact) mass is 328 g/mol. The molecule has 4 rings (SSSR count). The van der Waals surface area contributed by atoms with Gasteiger partial charge in [-0.25, -0.2) is 0 Å². The van der Waals surface area contributed by atoms with Crippen molar-refractivity contribution < 1.29 is 0 Å². The average Bonchev–Trinajstić information content (AvgIpc) is 3.11. The molecule has 6 nitrogen and oxygen atoms in total. The van der Waals surface area contributed by atoms with Gasteiger partial charge in [0.15, 0.2) is 11.5 Å². The zero-order chi connectivity index (χ0) is 17.1. The summed E-state index contributed by atoms with van der Waals surface area (Å²) >= 11 is 0. The van der Waals surface area contributed by atoms with Gasteiger partial charge in [-0.05, 0) is 18.1 Å². The minimum atomic E-state index is 0.659. The zero-order valence-corrected chi connectivity index (χ0v) is 13.7. The van der Waals surface area contributed by atoms with Crippen molar-refractivity contribution in [3.05, 3.63) is 72.1 Å². The maximum absolute atomic E-state index is 4.49. The zero-order valence-electron chi connectivity index (χ0n) is 13.7. The van der Waals surface area contributed by atoms with Gasteiger partial charge in [0, 0.05) is 10.8 Å². The van der Waals surface area contributed by atoms with Gasteiger partial charge in [0.05, 0.1) is 6.21 Å². The standard InChI is InChI=1S/C19H16N6/c1-14(11-15-7-3-2-4-8-15)12-20-22-18-16-9-5-6-10-17(16)19-23-21-13-25(19)24-18/h2-13H,1H3,(H,22,24). The Bertz CT molecular complexity index is 1080. The molecule has 0 amide bonds. The second kappa shape index (κ2) is 6.52. The molecule has 0 unspecified atom stereocenters. The molecule has 0 saturated carbocycles. The number of anilines is 1. The number of benzene rings is 2. The largest absolute Gasteiger partial charge is 0.259 e. The fraction of sp³-hybridized carbons (Fsp3) is 0.0526.